The molecule has 2 saturated carbocycles. The van der Waals surface area contributed by atoms with Gasteiger partial charge in [-0.15, -0.1) is 0 Å². The Kier molecular flexibility index (Phi) is 7.58. The van der Waals surface area contributed by atoms with Gasteiger partial charge >= 0.3 is 11.9 Å². The van der Waals surface area contributed by atoms with Gasteiger partial charge in [-0.25, -0.2) is 32.3 Å². The van der Waals surface area contributed by atoms with Crippen LogP contribution in [-0.2, 0) is 24.9 Å². The lowest BCUT2D eigenvalue weighted by atomic mass is 9.86. The van der Waals surface area contributed by atoms with E-state index in [1.54, 1.807) is 13.8 Å². The maximum absolute atomic E-state index is 13.2. The smallest absolute Gasteiger partial charge is 0.410 e. The quantitative estimate of drug-likeness (QED) is 0.561. The van der Waals surface area contributed by atoms with E-state index >= 15 is 0 Å². The molecule has 1 aromatic heterocycles. The van der Waals surface area contributed by atoms with Crippen LogP contribution in [0.25, 0.3) is 0 Å². The van der Waals surface area contributed by atoms with Gasteiger partial charge in [-0.05, 0) is 58.3 Å². The van der Waals surface area contributed by atoms with Crippen LogP contribution in [-0.4, -0.2) is 72.6 Å². The second kappa shape index (κ2) is 10.2. The Morgan fingerprint density at radius 3 is 2.63 bits per heavy atom. The summed E-state index contributed by atoms with van der Waals surface area (Å²) >= 11 is 0. The summed E-state index contributed by atoms with van der Waals surface area (Å²) in [5, 5.41) is 0. The number of carbonyl (C=O) groups is 1. The van der Waals surface area contributed by atoms with E-state index in [-0.39, 0.29) is 24.0 Å². The molecule has 0 unspecified atom stereocenters. The number of hydrogen-bond acceptors (Lipinski definition) is 7. The standard InChI is InChI=1S/C22H31F3N4O5S/c1-13(2)34-21(30)29-7-3-4-17(28-35(31,32)20(24)25)18(29)12-33-16-5-6-22(9-14(22)8-16)19-26-10-15(23)11-27-19/h10-11,13-14,16-18,20,28H,3-9,12H2,1-2H3/t14-,16+,17+,18+,22-/m1/s1. The van der Waals surface area contributed by atoms with Gasteiger partial charge in [0.25, 0.3) is 10.0 Å². The number of amides is 1. The lowest BCUT2D eigenvalue weighted by molar-refractivity contribution is -0.0309. The molecular formula is C22H31F3N4O5S. The van der Waals surface area contributed by atoms with Crippen molar-refractivity contribution in [3.8, 4) is 0 Å². The zero-order valence-corrected chi connectivity index (χ0v) is 20.5. The summed E-state index contributed by atoms with van der Waals surface area (Å²) in [6.07, 6.45) is 4.96. The van der Waals surface area contributed by atoms with Crippen LogP contribution >= 0.6 is 0 Å². The molecule has 0 bridgehead atoms. The Labute approximate surface area is 202 Å². The highest BCUT2D eigenvalue weighted by Gasteiger charge is 2.60. The minimum Gasteiger partial charge on any atom is -0.447 e. The number of nitrogens with one attached hydrogen (secondary N) is 1. The first-order valence-electron chi connectivity index (χ1n) is 11.9. The Bertz CT molecular complexity index is 1010. The van der Waals surface area contributed by atoms with E-state index in [0.29, 0.717) is 31.6 Å². The monoisotopic (exact) mass is 520 g/mol. The summed E-state index contributed by atoms with van der Waals surface area (Å²) in [6.45, 7) is 3.68. The average Bonchev–Trinajstić information content (AvgIpc) is 3.52. The number of alkyl halides is 2. The number of sulfonamides is 1. The van der Waals surface area contributed by atoms with E-state index < -0.39 is 45.9 Å². The Morgan fingerprint density at radius 1 is 1.29 bits per heavy atom. The van der Waals surface area contributed by atoms with E-state index in [0.717, 1.165) is 19.3 Å². The summed E-state index contributed by atoms with van der Waals surface area (Å²) in [5.74, 6) is -3.13. The molecule has 13 heteroatoms. The molecule has 0 radical (unpaired) electrons. The third kappa shape index (κ3) is 5.72. The van der Waals surface area contributed by atoms with Crippen LogP contribution in [0.3, 0.4) is 0 Å². The summed E-state index contributed by atoms with van der Waals surface area (Å²) in [4.78, 5) is 22.4. The number of aromatic nitrogens is 2. The van der Waals surface area contributed by atoms with Gasteiger partial charge in [-0.3, -0.25) is 0 Å². The molecule has 1 aliphatic heterocycles. The molecule has 1 saturated heterocycles. The minimum atomic E-state index is -4.85. The molecule has 1 aromatic rings. The zero-order chi connectivity index (χ0) is 25.4. The predicted molar refractivity (Wildman–Crippen MR) is 119 cm³/mol. The van der Waals surface area contributed by atoms with Crippen molar-refractivity contribution in [3.05, 3.63) is 24.0 Å². The van der Waals surface area contributed by atoms with Crippen LogP contribution in [0.4, 0.5) is 18.0 Å². The first kappa shape index (κ1) is 26.1. The van der Waals surface area contributed by atoms with Crippen molar-refractivity contribution in [2.45, 2.75) is 87.8 Å². The number of rotatable bonds is 8. The number of fused-ring (bicyclic) bond motifs is 1. The highest BCUT2D eigenvalue weighted by atomic mass is 32.2. The van der Waals surface area contributed by atoms with E-state index in [9.17, 15) is 26.4 Å². The summed E-state index contributed by atoms with van der Waals surface area (Å²) in [7, 11) is -4.85. The maximum Gasteiger partial charge on any atom is 0.410 e. The Balaban J connectivity index is 1.42. The maximum atomic E-state index is 13.2. The van der Waals surface area contributed by atoms with E-state index in [2.05, 4.69) is 14.7 Å². The molecular weight excluding hydrogens is 489 g/mol. The molecule has 5 atom stereocenters. The van der Waals surface area contributed by atoms with E-state index in [1.165, 1.54) is 17.3 Å². The van der Waals surface area contributed by atoms with Crippen molar-refractivity contribution < 1.29 is 35.9 Å². The molecule has 2 aliphatic carbocycles. The Morgan fingerprint density at radius 2 is 2.00 bits per heavy atom. The topological polar surface area (TPSA) is 111 Å². The fourth-order valence-corrected chi connectivity index (χ4v) is 6.15. The highest BCUT2D eigenvalue weighted by molar-refractivity contribution is 7.89. The van der Waals surface area contributed by atoms with Crippen LogP contribution < -0.4 is 4.72 Å². The SMILES string of the molecule is CC(C)OC(=O)N1CCC[C@H](NS(=O)(=O)C(F)F)[C@@H]1CO[C@H]1CC[C@@]2(c3ncc(F)cn3)C[C@H]2C1. The lowest BCUT2D eigenvalue weighted by Gasteiger charge is -2.41. The molecule has 1 N–H and O–H groups in total. The normalized spacial score (nSPS) is 30.9. The third-order valence-corrected chi connectivity index (χ3v) is 8.26. The molecule has 3 aliphatic rings. The number of hydrogen-bond donors (Lipinski definition) is 1. The fourth-order valence-electron chi connectivity index (χ4n) is 5.35. The van der Waals surface area contributed by atoms with Crippen LogP contribution in [0.2, 0.25) is 0 Å². The van der Waals surface area contributed by atoms with Crippen LogP contribution in [0.5, 0.6) is 0 Å². The largest absolute Gasteiger partial charge is 0.447 e. The van der Waals surface area contributed by atoms with Crippen LogP contribution in [0.15, 0.2) is 12.4 Å². The van der Waals surface area contributed by atoms with Crippen molar-refractivity contribution in [2.75, 3.05) is 13.2 Å². The van der Waals surface area contributed by atoms with Gasteiger partial charge in [0.1, 0.15) is 5.82 Å². The minimum absolute atomic E-state index is 0.0128. The molecule has 35 heavy (non-hydrogen) atoms. The molecule has 3 fully saturated rings. The van der Waals surface area contributed by atoms with Gasteiger partial charge < -0.3 is 14.4 Å². The van der Waals surface area contributed by atoms with E-state index in [4.69, 9.17) is 9.47 Å². The fraction of sp³-hybridized carbons (Fsp3) is 0.773. The van der Waals surface area contributed by atoms with Crippen LogP contribution in [0, 0.1) is 11.7 Å². The summed E-state index contributed by atoms with van der Waals surface area (Å²) in [5.41, 5.74) is -0.166. The number of piperidine rings is 1. The number of nitrogens with zero attached hydrogens (tertiary/aromatic N) is 3. The van der Waals surface area contributed by atoms with Crippen molar-refractivity contribution in [1.29, 1.82) is 0 Å². The van der Waals surface area contributed by atoms with Gasteiger partial charge in [-0.2, -0.15) is 8.78 Å². The van der Waals surface area contributed by atoms with Gasteiger partial charge in [0.15, 0.2) is 5.82 Å². The number of carbonyl (C=O) groups excluding carboxylic acids is 1. The van der Waals surface area contributed by atoms with Gasteiger partial charge in [-0.1, -0.05) is 0 Å². The van der Waals surface area contributed by atoms with Crippen molar-refractivity contribution in [3.63, 3.8) is 0 Å². The molecule has 9 nitrogen and oxygen atoms in total. The number of halogens is 3. The van der Waals surface area contributed by atoms with Crippen molar-refractivity contribution >= 4 is 16.1 Å². The summed E-state index contributed by atoms with van der Waals surface area (Å²) in [6, 6.07) is -1.70. The second-order valence-corrected chi connectivity index (χ2v) is 11.6. The average molecular weight is 521 g/mol. The third-order valence-electron chi connectivity index (χ3n) is 7.16. The predicted octanol–water partition coefficient (Wildman–Crippen LogP) is 2.96. The number of likely N-dealkylation sites (tertiary alicyclic amines) is 1. The first-order chi connectivity index (χ1) is 16.5. The van der Waals surface area contributed by atoms with Crippen LogP contribution in [0.1, 0.15) is 58.2 Å². The van der Waals surface area contributed by atoms with E-state index in [1.807, 2.05) is 0 Å². The lowest BCUT2D eigenvalue weighted by Crippen LogP contribution is -2.59. The number of ether oxygens (including phenoxy) is 2. The van der Waals surface area contributed by atoms with Gasteiger partial charge in [0, 0.05) is 18.0 Å². The second-order valence-electron chi connectivity index (χ2n) is 9.88. The highest BCUT2D eigenvalue weighted by Crippen LogP contribution is 2.61. The molecule has 0 spiro atoms. The van der Waals surface area contributed by atoms with Gasteiger partial charge in [0.05, 0.1) is 37.3 Å². The zero-order valence-electron chi connectivity index (χ0n) is 19.7. The van der Waals surface area contributed by atoms with Gasteiger partial charge in [0.2, 0.25) is 0 Å². The molecule has 4 rings (SSSR count). The van der Waals surface area contributed by atoms with Crippen molar-refractivity contribution in [1.82, 2.24) is 19.6 Å². The van der Waals surface area contributed by atoms with Crippen molar-refractivity contribution in [2.24, 2.45) is 5.92 Å². The summed E-state index contributed by atoms with van der Waals surface area (Å²) < 4.78 is 76.5. The first-order valence-corrected chi connectivity index (χ1v) is 13.4. The molecule has 2 heterocycles. The Hall–Kier alpha value is -1.99. The molecule has 1 amide bonds. The molecule has 196 valence electrons. The molecule has 0 aromatic carbocycles.